The van der Waals surface area contributed by atoms with E-state index in [4.69, 9.17) is 21.6 Å². The van der Waals surface area contributed by atoms with Crippen LogP contribution in [0.4, 0.5) is 0 Å². The lowest BCUT2D eigenvalue weighted by atomic mass is 10.1. The third-order valence-corrected chi connectivity index (χ3v) is 6.44. The summed E-state index contributed by atoms with van der Waals surface area (Å²) in [4.78, 5) is 0.165. The Balaban J connectivity index is 1.97. The summed E-state index contributed by atoms with van der Waals surface area (Å²) in [6.45, 7) is 0.329. The van der Waals surface area contributed by atoms with Crippen molar-refractivity contribution < 1.29 is 13.2 Å². The Labute approximate surface area is 175 Å². The Bertz CT molecular complexity index is 1120. The predicted molar refractivity (Wildman–Crippen MR) is 112 cm³/mol. The normalized spacial score (nSPS) is 11.2. The van der Waals surface area contributed by atoms with Gasteiger partial charge in [0.2, 0.25) is 10.0 Å². The molecule has 0 heterocycles. The SMILES string of the molecule is COc1cccc(CN(Cc2ccc(C#N)cc2)S(=O)(=O)c2ccc(Cl)cc2)c1. The molecule has 3 aromatic carbocycles. The van der Waals surface area contributed by atoms with Crippen molar-refractivity contribution >= 4 is 21.6 Å². The van der Waals surface area contributed by atoms with E-state index in [2.05, 4.69) is 6.07 Å². The minimum Gasteiger partial charge on any atom is -0.497 e. The van der Waals surface area contributed by atoms with Gasteiger partial charge in [-0.15, -0.1) is 0 Å². The zero-order valence-electron chi connectivity index (χ0n) is 15.7. The maximum atomic E-state index is 13.3. The van der Waals surface area contributed by atoms with E-state index < -0.39 is 10.0 Å². The average molecular weight is 427 g/mol. The van der Waals surface area contributed by atoms with Crippen LogP contribution in [0.25, 0.3) is 0 Å². The zero-order valence-corrected chi connectivity index (χ0v) is 17.3. The summed E-state index contributed by atoms with van der Waals surface area (Å²) in [6.07, 6.45) is 0. The molecular formula is C22H19ClN2O3S. The number of benzene rings is 3. The molecule has 0 N–H and O–H groups in total. The van der Waals surface area contributed by atoms with Crippen LogP contribution in [0.15, 0.2) is 77.7 Å². The lowest BCUT2D eigenvalue weighted by molar-refractivity contribution is 0.395. The summed E-state index contributed by atoms with van der Waals surface area (Å²) in [6, 6.07) is 22.3. The molecule has 0 saturated heterocycles. The first kappa shape index (κ1) is 20.9. The van der Waals surface area contributed by atoms with E-state index >= 15 is 0 Å². The second-order valence-corrected chi connectivity index (χ2v) is 8.76. The van der Waals surface area contributed by atoms with Gasteiger partial charge in [-0.3, -0.25) is 0 Å². The average Bonchev–Trinajstić information content (AvgIpc) is 2.74. The number of nitrogens with zero attached hydrogens (tertiary/aromatic N) is 2. The molecule has 0 aromatic heterocycles. The van der Waals surface area contributed by atoms with Crippen molar-refractivity contribution in [2.24, 2.45) is 0 Å². The van der Waals surface area contributed by atoms with Crippen molar-refractivity contribution in [1.82, 2.24) is 4.31 Å². The molecule has 3 aromatic rings. The van der Waals surface area contributed by atoms with Crippen LogP contribution in [0.3, 0.4) is 0 Å². The van der Waals surface area contributed by atoms with E-state index in [0.29, 0.717) is 16.3 Å². The van der Waals surface area contributed by atoms with Gasteiger partial charge in [-0.1, -0.05) is 35.9 Å². The van der Waals surface area contributed by atoms with Gasteiger partial charge in [-0.2, -0.15) is 9.57 Å². The van der Waals surface area contributed by atoms with Crippen molar-refractivity contribution in [3.05, 3.63) is 94.5 Å². The van der Waals surface area contributed by atoms with Gasteiger partial charge in [0.25, 0.3) is 0 Å². The number of rotatable bonds is 7. The molecular weight excluding hydrogens is 408 g/mol. The minimum absolute atomic E-state index is 0.161. The van der Waals surface area contributed by atoms with Crippen LogP contribution in [-0.4, -0.2) is 19.8 Å². The molecule has 0 amide bonds. The van der Waals surface area contributed by atoms with Crippen LogP contribution in [-0.2, 0) is 23.1 Å². The van der Waals surface area contributed by atoms with Crippen molar-refractivity contribution in [3.8, 4) is 11.8 Å². The highest BCUT2D eigenvalue weighted by Crippen LogP contribution is 2.24. The zero-order chi connectivity index (χ0) is 20.9. The van der Waals surface area contributed by atoms with E-state index in [-0.39, 0.29) is 18.0 Å². The molecule has 5 nitrogen and oxygen atoms in total. The van der Waals surface area contributed by atoms with Crippen LogP contribution < -0.4 is 4.74 Å². The molecule has 3 rings (SSSR count). The van der Waals surface area contributed by atoms with Gasteiger partial charge < -0.3 is 4.74 Å². The van der Waals surface area contributed by atoms with Gasteiger partial charge in [0.15, 0.2) is 0 Å². The largest absolute Gasteiger partial charge is 0.497 e. The number of methoxy groups -OCH3 is 1. The first-order valence-electron chi connectivity index (χ1n) is 8.80. The Morgan fingerprint density at radius 2 is 1.62 bits per heavy atom. The third kappa shape index (κ3) is 5.15. The molecule has 0 atom stereocenters. The molecule has 0 spiro atoms. The van der Waals surface area contributed by atoms with Crippen LogP contribution in [0, 0.1) is 11.3 Å². The Hall–Kier alpha value is -2.85. The summed E-state index contributed by atoms with van der Waals surface area (Å²) in [5, 5.41) is 9.44. The lowest BCUT2D eigenvalue weighted by Gasteiger charge is -2.23. The number of halogens is 1. The smallest absolute Gasteiger partial charge is 0.243 e. The van der Waals surface area contributed by atoms with Crippen molar-refractivity contribution in [3.63, 3.8) is 0 Å². The van der Waals surface area contributed by atoms with E-state index in [9.17, 15) is 8.42 Å². The van der Waals surface area contributed by atoms with Gasteiger partial charge >= 0.3 is 0 Å². The number of nitriles is 1. The monoisotopic (exact) mass is 426 g/mol. The van der Waals surface area contributed by atoms with Gasteiger partial charge in [0.1, 0.15) is 5.75 Å². The minimum atomic E-state index is -3.78. The van der Waals surface area contributed by atoms with E-state index in [1.165, 1.54) is 16.4 Å². The van der Waals surface area contributed by atoms with E-state index in [1.807, 2.05) is 24.3 Å². The Morgan fingerprint density at radius 3 is 2.24 bits per heavy atom. The highest BCUT2D eigenvalue weighted by atomic mass is 35.5. The Morgan fingerprint density at radius 1 is 0.966 bits per heavy atom. The highest BCUT2D eigenvalue weighted by Gasteiger charge is 2.25. The maximum Gasteiger partial charge on any atom is 0.243 e. The molecule has 7 heteroatoms. The standard InChI is InChI=1S/C22H19ClN2O3S/c1-28-21-4-2-3-19(13-21)16-25(15-18-7-5-17(14-24)6-8-18)29(26,27)22-11-9-20(23)10-12-22/h2-13H,15-16H2,1H3. The fourth-order valence-electron chi connectivity index (χ4n) is 2.84. The first-order valence-corrected chi connectivity index (χ1v) is 10.6. The molecule has 0 unspecified atom stereocenters. The predicted octanol–water partition coefficient (Wildman–Crippen LogP) is 4.61. The highest BCUT2D eigenvalue weighted by molar-refractivity contribution is 7.89. The molecule has 0 saturated carbocycles. The molecule has 0 aliphatic carbocycles. The van der Waals surface area contributed by atoms with Crippen LogP contribution >= 0.6 is 11.6 Å². The molecule has 0 aliphatic rings. The van der Waals surface area contributed by atoms with Crippen molar-refractivity contribution in [2.45, 2.75) is 18.0 Å². The topological polar surface area (TPSA) is 70.4 Å². The molecule has 0 aliphatic heterocycles. The van der Waals surface area contributed by atoms with Crippen LogP contribution in [0.5, 0.6) is 5.75 Å². The van der Waals surface area contributed by atoms with Gasteiger partial charge in [-0.25, -0.2) is 8.42 Å². The number of hydrogen-bond donors (Lipinski definition) is 0. The second kappa shape index (κ2) is 9.10. The molecule has 0 radical (unpaired) electrons. The van der Waals surface area contributed by atoms with Gasteiger partial charge in [-0.05, 0) is 59.7 Å². The third-order valence-electron chi connectivity index (χ3n) is 4.39. The molecule has 0 bridgehead atoms. The summed E-state index contributed by atoms with van der Waals surface area (Å²) >= 11 is 5.91. The fourth-order valence-corrected chi connectivity index (χ4v) is 4.39. The van der Waals surface area contributed by atoms with Crippen molar-refractivity contribution in [1.29, 1.82) is 5.26 Å². The van der Waals surface area contributed by atoms with E-state index in [0.717, 1.165) is 11.1 Å². The molecule has 0 fully saturated rings. The van der Waals surface area contributed by atoms with Gasteiger partial charge in [0.05, 0.1) is 23.6 Å². The fraction of sp³-hybridized carbons (Fsp3) is 0.136. The molecule has 29 heavy (non-hydrogen) atoms. The summed E-state index contributed by atoms with van der Waals surface area (Å²) in [5.74, 6) is 0.657. The number of sulfonamides is 1. The molecule has 148 valence electrons. The van der Waals surface area contributed by atoms with E-state index in [1.54, 1.807) is 43.5 Å². The number of hydrogen-bond acceptors (Lipinski definition) is 4. The summed E-state index contributed by atoms with van der Waals surface area (Å²) < 4.78 is 33.3. The summed E-state index contributed by atoms with van der Waals surface area (Å²) in [5.41, 5.74) is 2.11. The van der Waals surface area contributed by atoms with Gasteiger partial charge in [0, 0.05) is 18.1 Å². The maximum absolute atomic E-state index is 13.3. The Kier molecular flexibility index (Phi) is 6.55. The lowest BCUT2D eigenvalue weighted by Crippen LogP contribution is -2.30. The van der Waals surface area contributed by atoms with Crippen molar-refractivity contribution in [2.75, 3.05) is 7.11 Å². The quantitative estimate of drug-likeness (QED) is 0.553. The summed E-state index contributed by atoms with van der Waals surface area (Å²) in [7, 11) is -2.21. The number of ether oxygens (including phenoxy) is 1. The van der Waals surface area contributed by atoms with Crippen LogP contribution in [0.2, 0.25) is 5.02 Å². The first-order chi connectivity index (χ1) is 13.9. The van der Waals surface area contributed by atoms with Crippen LogP contribution in [0.1, 0.15) is 16.7 Å². The second-order valence-electron chi connectivity index (χ2n) is 6.39.